The summed E-state index contributed by atoms with van der Waals surface area (Å²) in [5, 5.41) is 21.0. The highest BCUT2D eigenvalue weighted by Crippen LogP contribution is 2.34. The van der Waals surface area contributed by atoms with Crippen molar-refractivity contribution in [2.24, 2.45) is 0 Å². The first kappa shape index (κ1) is 12.7. The van der Waals surface area contributed by atoms with E-state index in [1.807, 2.05) is 13.8 Å². The van der Waals surface area contributed by atoms with Gasteiger partial charge < -0.3 is 19.7 Å². The largest absolute Gasteiger partial charge is 0.455 e. The van der Waals surface area contributed by atoms with E-state index in [4.69, 9.17) is 14.3 Å². The van der Waals surface area contributed by atoms with E-state index in [-0.39, 0.29) is 6.04 Å². The number of aliphatic hydroxyl groups is 2. The molecule has 0 bridgehead atoms. The van der Waals surface area contributed by atoms with Crippen molar-refractivity contribution < 1.29 is 29.3 Å². The number of ether oxygens (including phenoxy) is 2. The van der Waals surface area contributed by atoms with E-state index in [1.165, 1.54) is 12.2 Å². The van der Waals surface area contributed by atoms with Crippen LogP contribution in [0.1, 0.15) is 13.8 Å². The van der Waals surface area contributed by atoms with Gasteiger partial charge in [-0.05, 0) is 13.8 Å². The van der Waals surface area contributed by atoms with Crippen molar-refractivity contribution in [2.45, 2.75) is 50.5 Å². The molecule has 98 valence electrons. The quantitative estimate of drug-likeness (QED) is 0.470. The fourth-order valence-corrected chi connectivity index (χ4v) is 2.22. The number of fused-ring (bicyclic) bond motifs is 1. The Labute approximate surface area is 98.8 Å². The van der Waals surface area contributed by atoms with Gasteiger partial charge in [0.15, 0.2) is 18.4 Å². The average Bonchev–Trinajstić information content (AvgIpc) is 2.71. The topological polar surface area (TPSA) is 88.5 Å². The Bertz CT molecular complexity index is 309. The number of hydrogen-bond donors (Lipinski definition) is 2. The van der Waals surface area contributed by atoms with Crippen molar-refractivity contribution in [1.82, 2.24) is 5.06 Å². The second kappa shape index (κ2) is 4.51. The van der Waals surface area contributed by atoms with Crippen LogP contribution in [-0.4, -0.2) is 65.0 Å². The summed E-state index contributed by atoms with van der Waals surface area (Å²) in [5.74, 6) is -0.758. The minimum atomic E-state index is -1.34. The van der Waals surface area contributed by atoms with Gasteiger partial charge in [-0.3, -0.25) is 4.84 Å². The number of aliphatic hydroxyl groups excluding tert-OH is 2. The summed E-state index contributed by atoms with van der Waals surface area (Å²) in [4.78, 5) is 16.2. The number of esters is 1. The number of nitrogens with zero attached hydrogens (tertiary/aromatic N) is 1. The molecule has 2 saturated heterocycles. The Morgan fingerprint density at radius 3 is 2.47 bits per heavy atom. The second-order valence-corrected chi connectivity index (χ2v) is 4.46. The molecule has 0 aliphatic carbocycles. The molecule has 0 amide bonds. The van der Waals surface area contributed by atoms with Crippen molar-refractivity contribution in [3.63, 3.8) is 0 Å². The molecular formula is C10H17NO6. The molecule has 0 spiro atoms. The lowest BCUT2D eigenvalue weighted by Crippen LogP contribution is -2.47. The normalized spacial score (nSPS) is 41.1. The van der Waals surface area contributed by atoms with Crippen LogP contribution in [-0.2, 0) is 19.1 Å². The van der Waals surface area contributed by atoms with Crippen molar-refractivity contribution >= 4 is 5.97 Å². The smallest absolute Gasteiger partial charge is 0.338 e. The van der Waals surface area contributed by atoms with Crippen molar-refractivity contribution in [1.29, 1.82) is 0 Å². The molecular weight excluding hydrogens is 230 g/mol. The Balaban J connectivity index is 2.13. The van der Waals surface area contributed by atoms with E-state index in [2.05, 4.69) is 0 Å². The molecule has 7 nitrogen and oxygen atoms in total. The third kappa shape index (κ3) is 1.94. The van der Waals surface area contributed by atoms with Crippen LogP contribution in [0.5, 0.6) is 0 Å². The summed E-state index contributed by atoms with van der Waals surface area (Å²) in [6.45, 7) is 3.74. The zero-order valence-electron chi connectivity index (χ0n) is 9.94. The van der Waals surface area contributed by atoms with Gasteiger partial charge in [0, 0.05) is 6.04 Å². The van der Waals surface area contributed by atoms with Crippen molar-refractivity contribution in [3.8, 4) is 0 Å². The minimum Gasteiger partial charge on any atom is -0.455 e. The molecule has 2 unspecified atom stereocenters. The van der Waals surface area contributed by atoms with Gasteiger partial charge in [-0.15, -0.1) is 0 Å². The molecule has 0 aromatic heterocycles. The van der Waals surface area contributed by atoms with Gasteiger partial charge in [-0.25, -0.2) is 4.79 Å². The lowest BCUT2D eigenvalue weighted by molar-refractivity contribution is -0.268. The van der Waals surface area contributed by atoms with Gasteiger partial charge in [0.2, 0.25) is 0 Å². The van der Waals surface area contributed by atoms with Crippen LogP contribution >= 0.6 is 0 Å². The van der Waals surface area contributed by atoms with Gasteiger partial charge in [-0.2, -0.15) is 5.06 Å². The summed E-state index contributed by atoms with van der Waals surface area (Å²) in [6.07, 6.45) is -4.80. The van der Waals surface area contributed by atoms with Crippen LogP contribution in [0.3, 0.4) is 0 Å². The zero-order valence-corrected chi connectivity index (χ0v) is 9.94. The average molecular weight is 247 g/mol. The third-order valence-corrected chi connectivity index (χ3v) is 3.02. The maximum absolute atomic E-state index is 11.1. The van der Waals surface area contributed by atoms with Crippen LogP contribution < -0.4 is 0 Å². The van der Waals surface area contributed by atoms with Gasteiger partial charge in [0.1, 0.15) is 12.2 Å². The predicted octanol–water partition coefficient (Wildman–Crippen LogP) is -1.37. The number of hydroxylamine groups is 2. The predicted molar refractivity (Wildman–Crippen MR) is 54.5 cm³/mol. The molecule has 2 rings (SSSR count). The number of carbonyl (C=O) groups excluding carboxylic acids is 1. The first-order valence-electron chi connectivity index (χ1n) is 5.52. The van der Waals surface area contributed by atoms with Gasteiger partial charge in [0.25, 0.3) is 0 Å². The molecule has 2 N–H and O–H groups in total. The van der Waals surface area contributed by atoms with Crippen molar-refractivity contribution in [2.75, 3.05) is 7.11 Å². The Morgan fingerprint density at radius 2 is 2.00 bits per heavy atom. The van der Waals surface area contributed by atoms with Crippen LogP contribution in [0.4, 0.5) is 0 Å². The van der Waals surface area contributed by atoms with Crippen LogP contribution in [0, 0.1) is 0 Å². The molecule has 0 radical (unpaired) electrons. The first-order chi connectivity index (χ1) is 7.97. The fourth-order valence-electron chi connectivity index (χ4n) is 2.22. The zero-order chi connectivity index (χ0) is 12.7. The summed E-state index contributed by atoms with van der Waals surface area (Å²) in [7, 11) is 1.46. The van der Waals surface area contributed by atoms with Gasteiger partial charge >= 0.3 is 5.97 Å². The maximum atomic E-state index is 11.1. The molecule has 2 aliphatic heterocycles. The van der Waals surface area contributed by atoms with Crippen LogP contribution in [0.25, 0.3) is 0 Å². The molecule has 0 aromatic rings. The molecule has 7 heteroatoms. The highest BCUT2D eigenvalue weighted by atomic mass is 16.7. The third-order valence-electron chi connectivity index (χ3n) is 3.02. The van der Waals surface area contributed by atoms with E-state index in [0.717, 1.165) is 0 Å². The Morgan fingerprint density at radius 1 is 1.35 bits per heavy atom. The van der Waals surface area contributed by atoms with Crippen LogP contribution in [0.2, 0.25) is 0 Å². The molecule has 2 fully saturated rings. The number of rotatable bonds is 3. The van der Waals surface area contributed by atoms with Gasteiger partial charge in [-0.1, -0.05) is 0 Å². The molecule has 0 saturated carbocycles. The van der Waals surface area contributed by atoms with E-state index in [1.54, 1.807) is 0 Å². The fraction of sp³-hybridized carbons (Fsp3) is 0.900. The van der Waals surface area contributed by atoms with Crippen molar-refractivity contribution in [3.05, 3.63) is 0 Å². The first-order valence-corrected chi connectivity index (χ1v) is 5.52. The Kier molecular flexibility index (Phi) is 3.37. The number of carbonyl (C=O) groups is 1. The second-order valence-electron chi connectivity index (χ2n) is 4.46. The van der Waals surface area contributed by atoms with Gasteiger partial charge in [0.05, 0.1) is 7.11 Å². The van der Waals surface area contributed by atoms with Crippen LogP contribution in [0.15, 0.2) is 0 Å². The SMILES string of the molecule is CON(C(C)C)C1O[C@@H]2[C@H](O)C(=O)O[C@@H]2C1O. The summed E-state index contributed by atoms with van der Waals surface area (Å²) < 4.78 is 10.3. The van der Waals surface area contributed by atoms with E-state index in [9.17, 15) is 15.0 Å². The minimum absolute atomic E-state index is 0.0219. The summed E-state index contributed by atoms with van der Waals surface area (Å²) in [5.41, 5.74) is 0. The standard InChI is InChI=1S/C10H17NO6/c1-4(2)11(15-3)9-5(12)7-8(16-9)6(13)10(14)17-7/h4-9,12-13H,1-3H3/t5?,6-,7+,8+,9?/m0/s1. The monoisotopic (exact) mass is 247 g/mol. The number of hydrogen-bond acceptors (Lipinski definition) is 7. The lowest BCUT2D eigenvalue weighted by Gasteiger charge is -2.31. The molecule has 0 aromatic carbocycles. The van der Waals surface area contributed by atoms with E-state index < -0.39 is 36.6 Å². The maximum Gasteiger partial charge on any atom is 0.338 e. The highest BCUT2D eigenvalue weighted by Gasteiger charge is 2.58. The molecule has 5 atom stereocenters. The molecule has 2 heterocycles. The highest BCUT2D eigenvalue weighted by molar-refractivity contribution is 5.78. The lowest BCUT2D eigenvalue weighted by atomic mass is 10.1. The molecule has 17 heavy (non-hydrogen) atoms. The summed E-state index contributed by atoms with van der Waals surface area (Å²) in [6, 6.07) is -0.0219. The Hall–Kier alpha value is -0.730. The van der Waals surface area contributed by atoms with E-state index >= 15 is 0 Å². The molecule has 2 aliphatic rings. The summed E-state index contributed by atoms with van der Waals surface area (Å²) >= 11 is 0. The van der Waals surface area contributed by atoms with E-state index in [0.29, 0.717) is 0 Å².